The summed E-state index contributed by atoms with van der Waals surface area (Å²) < 4.78 is 0. The van der Waals surface area contributed by atoms with Crippen LogP contribution in [-0.4, -0.2) is 23.7 Å². The summed E-state index contributed by atoms with van der Waals surface area (Å²) >= 11 is 0. The van der Waals surface area contributed by atoms with Gasteiger partial charge in [0.05, 0.1) is 0 Å². The van der Waals surface area contributed by atoms with Crippen molar-refractivity contribution in [2.45, 2.75) is 0 Å². The first-order valence-corrected chi connectivity index (χ1v) is 9.84. The number of benzene rings is 4. The van der Waals surface area contributed by atoms with Gasteiger partial charge < -0.3 is 5.32 Å². The van der Waals surface area contributed by atoms with E-state index in [-0.39, 0.29) is 5.84 Å². The summed E-state index contributed by atoms with van der Waals surface area (Å²) in [5.41, 5.74) is 1.74. The molecule has 0 saturated heterocycles. The molecule has 4 nitrogen and oxygen atoms in total. The number of aliphatic imine (C=N–C) groups is 1. The third kappa shape index (κ3) is 3.08. The maximum atomic E-state index is 8.52. The lowest BCUT2D eigenvalue weighted by molar-refractivity contribution is 1.16. The SMILES string of the molecule is CN/C(=N\C(=N)c1ccc2c(ccc3c4cnccc4ccc23)c1)c1ccccc1. The van der Waals surface area contributed by atoms with Gasteiger partial charge in [-0.05, 0) is 39.1 Å². The predicted molar refractivity (Wildman–Crippen MR) is 126 cm³/mol. The Labute approximate surface area is 174 Å². The van der Waals surface area contributed by atoms with Crippen molar-refractivity contribution in [1.29, 1.82) is 5.41 Å². The Balaban J connectivity index is 1.59. The fourth-order valence-electron chi connectivity index (χ4n) is 3.90. The lowest BCUT2D eigenvalue weighted by Crippen LogP contribution is -2.21. The van der Waals surface area contributed by atoms with Gasteiger partial charge in [0, 0.05) is 36.0 Å². The third-order valence-electron chi connectivity index (χ3n) is 5.42. The number of aromatic nitrogens is 1. The topological polar surface area (TPSA) is 61.1 Å². The smallest absolute Gasteiger partial charge is 0.154 e. The summed E-state index contributed by atoms with van der Waals surface area (Å²) in [4.78, 5) is 8.82. The van der Waals surface area contributed by atoms with Gasteiger partial charge in [-0.1, -0.05) is 66.7 Å². The van der Waals surface area contributed by atoms with Crippen LogP contribution in [0.2, 0.25) is 0 Å². The van der Waals surface area contributed by atoms with Crippen molar-refractivity contribution in [3.8, 4) is 0 Å². The van der Waals surface area contributed by atoms with E-state index in [0.717, 1.165) is 27.3 Å². The van der Waals surface area contributed by atoms with Gasteiger partial charge in [-0.25, -0.2) is 4.99 Å². The average Bonchev–Trinajstić information content (AvgIpc) is 2.82. The highest BCUT2D eigenvalue weighted by atomic mass is 15.0. The number of rotatable bonds is 2. The number of hydrogen-bond acceptors (Lipinski definition) is 2. The van der Waals surface area contributed by atoms with Gasteiger partial charge in [-0.2, -0.15) is 0 Å². The molecule has 2 N–H and O–H groups in total. The van der Waals surface area contributed by atoms with E-state index in [2.05, 4.69) is 45.6 Å². The molecule has 5 rings (SSSR count). The number of nitrogens with one attached hydrogen (secondary N) is 2. The fourth-order valence-corrected chi connectivity index (χ4v) is 3.90. The van der Waals surface area contributed by atoms with Crippen LogP contribution < -0.4 is 5.32 Å². The van der Waals surface area contributed by atoms with Crippen molar-refractivity contribution in [2.24, 2.45) is 4.99 Å². The number of hydrogen-bond donors (Lipinski definition) is 2. The molecule has 4 aromatic carbocycles. The minimum Gasteiger partial charge on any atom is -0.373 e. The van der Waals surface area contributed by atoms with Crippen molar-refractivity contribution < 1.29 is 0 Å². The Morgan fingerprint density at radius 2 is 1.50 bits per heavy atom. The molecule has 0 amide bonds. The highest BCUT2D eigenvalue weighted by Gasteiger charge is 2.09. The van der Waals surface area contributed by atoms with Gasteiger partial charge >= 0.3 is 0 Å². The Hall–Kier alpha value is -4.05. The molecule has 0 aliphatic rings. The van der Waals surface area contributed by atoms with E-state index in [4.69, 9.17) is 5.41 Å². The van der Waals surface area contributed by atoms with E-state index in [1.54, 1.807) is 0 Å². The minimum atomic E-state index is 0.230. The van der Waals surface area contributed by atoms with Gasteiger partial charge in [-0.15, -0.1) is 0 Å². The van der Waals surface area contributed by atoms with Crippen LogP contribution in [0.4, 0.5) is 0 Å². The van der Waals surface area contributed by atoms with E-state index < -0.39 is 0 Å². The molecular weight excluding hydrogens is 368 g/mol. The highest BCUT2D eigenvalue weighted by Crippen LogP contribution is 2.31. The first kappa shape index (κ1) is 18.0. The summed E-state index contributed by atoms with van der Waals surface area (Å²) in [5, 5.41) is 18.6. The first-order chi connectivity index (χ1) is 14.7. The lowest BCUT2D eigenvalue weighted by atomic mass is 9.97. The lowest BCUT2D eigenvalue weighted by Gasteiger charge is -2.10. The molecule has 0 saturated carbocycles. The van der Waals surface area contributed by atoms with Crippen molar-refractivity contribution in [2.75, 3.05) is 7.05 Å². The van der Waals surface area contributed by atoms with Gasteiger partial charge in [-0.3, -0.25) is 10.4 Å². The zero-order valence-electron chi connectivity index (χ0n) is 16.6. The molecule has 0 aliphatic heterocycles. The Bertz CT molecular complexity index is 1440. The maximum absolute atomic E-state index is 8.52. The van der Waals surface area contributed by atoms with Crippen LogP contribution in [0.3, 0.4) is 0 Å². The molecule has 0 bridgehead atoms. The van der Waals surface area contributed by atoms with Gasteiger partial charge in [0.1, 0.15) is 5.84 Å². The molecule has 4 heteroatoms. The molecule has 5 aromatic rings. The second-order valence-corrected chi connectivity index (χ2v) is 7.18. The standard InChI is InChI=1S/C26H20N4/c1-28-26(18-5-3-2-4-6-18)30-25(27)20-9-10-21-19(15-20)8-12-23-22(21)11-7-17-13-14-29-16-24(17)23/h2-16H,1H3,(H2,27,28,30). The molecule has 1 heterocycles. The third-order valence-corrected chi connectivity index (χ3v) is 5.42. The normalized spacial score (nSPS) is 11.8. The zero-order chi connectivity index (χ0) is 20.5. The summed E-state index contributed by atoms with van der Waals surface area (Å²) in [6.07, 6.45) is 3.74. The van der Waals surface area contributed by atoms with Crippen molar-refractivity contribution in [3.05, 3.63) is 102 Å². The summed E-state index contributed by atoms with van der Waals surface area (Å²) in [7, 11) is 1.82. The van der Waals surface area contributed by atoms with E-state index in [0.29, 0.717) is 5.84 Å². The molecule has 0 aliphatic carbocycles. The Morgan fingerprint density at radius 3 is 2.30 bits per heavy atom. The van der Waals surface area contributed by atoms with Crippen LogP contribution in [-0.2, 0) is 0 Å². The van der Waals surface area contributed by atoms with Crippen molar-refractivity contribution >= 4 is 44.0 Å². The van der Waals surface area contributed by atoms with E-state index >= 15 is 0 Å². The van der Waals surface area contributed by atoms with Crippen molar-refractivity contribution in [1.82, 2.24) is 10.3 Å². The summed E-state index contributed by atoms with van der Waals surface area (Å²) in [6, 6.07) is 26.5. The van der Waals surface area contributed by atoms with Crippen LogP contribution in [0.25, 0.3) is 32.3 Å². The molecule has 0 radical (unpaired) electrons. The van der Waals surface area contributed by atoms with Gasteiger partial charge in [0.25, 0.3) is 0 Å². The van der Waals surface area contributed by atoms with Crippen LogP contribution in [0.1, 0.15) is 11.1 Å². The maximum Gasteiger partial charge on any atom is 0.154 e. The van der Waals surface area contributed by atoms with E-state index in [1.807, 2.05) is 68.0 Å². The number of amidine groups is 2. The second kappa shape index (κ2) is 7.41. The van der Waals surface area contributed by atoms with Crippen LogP contribution >= 0.6 is 0 Å². The van der Waals surface area contributed by atoms with Gasteiger partial charge in [0.15, 0.2) is 5.84 Å². The average molecular weight is 388 g/mol. The molecule has 1 aromatic heterocycles. The molecule has 144 valence electrons. The highest BCUT2D eigenvalue weighted by molar-refractivity contribution is 6.18. The van der Waals surface area contributed by atoms with Crippen LogP contribution in [0, 0.1) is 5.41 Å². The van der Waals surface area contributed by atoms with E-state index in [1.165, 1.54) is 16.2 Å². The minimum absolute atomic E-state index is 0.230. The second-order valence-electron chi connectivity index (χ2n) is 7.18. The van der Waals surface area contributed by atoms with E-state index in [9.17, 15) is 0 Å². The monoisotopic (exact) mass is 388 g/mol. The zero-order valence-corrected chi connectivity index (χ0v) is 16.6. The van der Waals surface area contributed by atoms with Crippen LogP contribution in [0.15, 0.2) is 96.2 Å². The molecule has 0 unspecified atom stereocenters. The molecular formula is C26H20N4. The quantitative estimate of drug-likeness (QED) is 0.237. The molecule has 0 spiro atoms. The van der Waals surface area contributed by atoms with Crippen LogP contribution in [0.5, 0.6) is 0 Å². The summed E-state index contributed by atoms with van der Waals surface area (Å²) in [5.74, 6) is 0.908. The number of nitrogens with zero attached hydrogens (tertiary/aromatic N) is 2. The Kier molecular flexibility index (Phi) is 4.45. The molecule has 0 fully saturated rings. The number of fused-ring (bicyclic) bond motifs is 5. The largest absolute Gasteiger partial charge is 0.373 e. The summed E-state index contributed by atoms with van der Waals surface area (Å²) in [6.45, 7) is 0. The first-order valence-electron chi connectivity index (χ1n) is 9.84. The molecule has 0 atom stereocenters. The van der Waals surface area contributed by atoms with Crippen molar-refractivity contribution in [3.63, 3.8) is 0 Å². The van der Waals surface area contributed by atoms with Gasteiger partial charge in [0.2, 0.25) is 0 Å². The Morgan fingerprint density at radius 1 is 0.767 bits per heavy atom. The fraction of sp³-hybridized carbons (Fsp3) is 0.0385. The predicted octanol–water partition coefficient (Wildman–Crippen LogP) is 5.53. The molecule has 30 heavy (non-hydrogen) atoms. The number of pyridine rings is 1.